The Kier molecular flexibility index (Phi) is 5.29. The first-order valence-electron chi connectivity index (χ1n) is 8.47. The van der Waals surface area contributed by atoms with Gasteiger partial charge < -0.3 is 14.7 Å². The number of hydrogen-bond donors (Lipinski definition) is 1. The summed E-state index contributed by atoms with van der Waals surface area (Å²) in [5, 5.41) is 9.67. The molecule has 2 fully saturated rings. The summed E-state index contributed by atoms with van der Waals surface area (Å²) >= 11 is 6.11. The normalized spacial score (nSPS) is 24.8. The van der Waals surface area contributed by atoms with E-state index in [0.29, 0.717) is 43.1 Å². The third-order valence-electron chi connectivity index (χ3n) is 5.02. The second kappa shape index (κ2) is 7.43. The zero-order valence-electron chi connectivity index (χ0n) is 13.5. The average molecular weight is 352 g/mol. The summed E-state index contributed by atoms with van der Waals surface area (Å²) in [4.78, 5) is 25.5. The summed E-state index contributed by atoms with van der Waals surface area (Å²) in [6, 6.07) is 7.40. The molecule has 6 heteroatoms. The molecule has 3 rings (SSSR count). The summed E-state index contributed by atoms with van der Waals surface area (Å²) in [6.07, 6.45) is 3.37. The molecule has 1 aliphatic carbocycles. The van der Waals surface area contributed by atoms with Crippen molar-refractivity contribution in [3.05, 3.63) is 29.3 Å². The summed E-state index contributed by atoms with van der Waals surface area (Å²) < 4.78 is 5.94. The first-order valence-corrected chi connectivity index (χ1v) is 8.85. The monoisotopic (exact) mass is 351 g/mol. The minimum absolute atomic E-state index is 0.0595. The number of rotatable bonds is 4. The fourth-order valence-electron chi connectivity index (χ4n) is 3.60. The number of piperidine rings is 1. The second-order valence-corrected chi connectivity index (χ2v) is 7.03. The molecule has 2 atom stereocenters. The Balaban J connectivity index is 1.49. The van der Waals surface area contributed by atoms with E-state index < -0.39 is 5.97 Å². The summed E-state index contributed by atoms with van der Waals surface area (Å²) in [7, 11) is 0. The molecule has 1 N–H and O–H groups in total. The lowest BCUT2D eigenvalue weighted by atomic mass is 10.0. The Bertz CT molecular complexity index is 613. The van der Waals surface area contributed by atoms with Gasteiger partial charge in [0.05, 0.1) is 10.9 Å². The molecule has 0 radical (unpaired) electrons. The highest BCUT2D eigenvalue weighted by Crippen LogP contribution is 2.33. The lowest BCUT2D eigenvalue weighted by Gasteiger charge is -2.33. The third kappa shape index (κ3) is 3.83. The smallest absolute Gasteiger partial charge is 0.306 e. The van der Waals surface area contributed by atoms with Gasteiger partial charge in [0, 0.05) is 31.8 Å². The number of carbonyl (C=O) groups excluding carboxylic acids is 1. The van der Waals surface area contributed by atoms with Crippen LogP contribution in [0.2, 0.25) is 5.02 Å². The summed E-state index contributed by atoms with van der Waals surface area (Å²) in [6.45, 7) is 1.31. The van der Waals surface area contributed by atoms with Gasteiger partial charge in [-0.15, -0.1) is 0 Å². The maximum Gasteiger partial charge on any atom is 0.306 e. The number of amides is 1. The number of aliphatic carboxylic acids is 1. The zero-order chi connectivity index (χ0) is 17.1. The van der Waals surface area contributed by atoms with Gasteiger partial charge in [-0.25, -0.2) is 0 Å². The first-order chi connectivity index (χ1) is 11.5. The number of carbonyl (C=O) groups is 2. The van der Waals surface area contributed by atoms with Crippen LogP contribution in [-0.4, -0.2) is 41.1 Å². The number of nitrogens with zero attached hydrogens (tertiary/aromatic N) is 1. The highest BCUT2D eigenvalue weighted by atomic mass is 35.5. The molecular weight excluding hydrogens is 330 g/mol. The van der Waals surface area contributed by atoms with Crippen LogP contribution in [0.4, 0.5) is 0 Å². The lowest BCUT2D eigenvalue weighted by molar-refractivity contribution is -0.141. The summed E-state index contributed by atoms with van der Waals surface area (Å²) in [5.74, 6) is -0.483. The predicted molar refractivity (Wildman–Crippen MR) is 90.1 cm³/mol. The lowest BCUT2D eigenvalue weighted by Crippen LogP contribution is -2.44. The van der Waals surface area contributed by atoms with Crippen molar-refractivity contribution in [2.24, 2.45) is 11.8 Å². The fourth-order valence-corrected chi connectivity index (χ4v) is 3.78. The minimum atomic E-state index is -0.780. The quantitative estimate of drug-likeness (QED) is 0.904. The van der Waals surface area contributed by atoms with Crippen molar-refractivity contribution in [1.82, 2.24) is 4.90 Å². The van der Waals surface area contributed by atoms with Crippen LogP contribution in [-0.2, 0) is 9.59 Å². The molecule has 1 aromatic carbocycles. The largest absolute Gasteiger partial charge is 0.489 e. The van der Waals surface area contributed by atoms with Gasteiger partial charge in [0.1, 0.15) is 11.9 Å². The zero-order valence-corrected chi connectivity index (χ0v) is 14.2. The Labute approximate surface area is 146 Å². The molecule has 0 unspecified atom stereocenters. The van der Waals surface area contributed by atoms with Gasteiger partial charge in [-0.3, -0.25) is 9.59 Å². The highest BCUT2D eigenvalue weighted by molar-refractivity contribution is 6.32. The van der Waals surface area contributed by atoms with Crippen molar-refractivity contribution in [1.29, 1.82) is 0 Å². The van der Waals surface area contributed by atoms with E-state index >= 15 is 0 Å². The molecule has 1 amide bonds. The van der Waals surface area contributed by atoms with E-state index in [1.165, 1.54) is 0 Å². The molecule has 0 spiro atoms. The van der Waals surface area contributed by atoms with Crippen molar-refractivity contribution >= 4 is 23.5 Å². The summed E-state index contributed by atoms with van der Waals surface area (Å²) in [5.41, 5.74) is 0. The number of ether oxygens (including phenoxy) is 1. The number of halogens is 1. The van der Waals surface area contributed by atoms with E-state index in [9.17, 15) is 9.59 Å². The number of hydrogen-bond acceptors (Lipinski definition) is 3. The standard InChI is InChI=1S/C18H22ClNO4/c19-15-3-1-2-4-16(15)24-14-7-9-20(10-8-14)17(21)12-5-6-13(11-12)18(22)23/h1-4,12-14H,5-11H2,(H,22,23)/t12-,13+/m0/s1. The maximum atomic E-state index is 12.6. The Morgan fingerprint density at radius 3 is 2.38 bits per heavy atom. The molecule has 1 saturated heterocycles. The van der Waals surface area contributed by atoms with Crippen molar-refractivity contribution in [3.8, 4) is 5.75 Å². The number of carboxylic acids is 1. The van der Waals surface area contributed by atoms with Gasteiger partial charge in [0.15, 0.2) is 0 Å². The molecule has 1 saturated carbocycles. The van der Waals surface area contributed by atoms with Crippen LogP contribution in [0.5, 0.6) is 5.75 Å². The van der Waals surface area contributed by atoms with Crippen LogP contribution in [0.25, 0.3) is 0 Å². The molecule has 24 heavy (non-hydrogen) atoms. The van der Waals surface area contributed by atoms with Crippen molar-refractivity contribution in [2.75, 3.05) is 13.1 Å². The van der Waals surface area contributed by atoms with Crippen molar-refractivity contribution < 1.29 is 19.4 Å². The van der Waals surface area contributed by atoms with Crippen molar-refractivity contribution in [2.45, 2.75) is 38.2 Å². The molecule has 2 aliphatic rings. The first kappa shape index (κ1) is 17.1. The maximum absolute atomic E-state index is 12.6. The van der Waals surface area contributed by atoms with Gasteiger partial charge in [-0.05, 0) is 31.4 Å². The van der Waals surface area contributed by atoms with E-state index in [-0.39, 0.29) is 23.8 Å². The molecule has 130 valence electrons. The molecule has 1 heterocycles. The fraction of sp³-hybridized carbons (Fsp3) is 0.556. The number of carboxylic acid groups (broad SMARTS) is 1. The minimum Gasteiger partial charge on any atom is -0.489 e. The average Bonchev–Trinajstić information content (AvgIpc) is 3.07. The number of benzene rings is 1. The van der Waals surface area contributed by atoms with Crippen LogP contribution in [0.3, 0.4) is 0 Å². The van der Waals surface area contributed by atoms with Gasteiger partial charge in [-0.1, -0.05) is 23.7 Å². The molecule has 5 nitrogen and oxygen atoms in total. The van der Waals surface area contributed by atoms with Crippen LogP contribution in [0.15, 0.2) is 24.3 Å². The van der Waals surface area contributed by atoms with Crippen LogP contribution >= 0.6 is 11.6 Å². The van der Waals surface area contributed by atoms with Gasteiger partial charge >= 0.3 is 5.97 Å². The van der Waals surface area contributed by atoms with E-state index in [4.69, 9.17) is 21.4 Å². The molecule has 0 aromatic heterocycles. The highest BCUT2D eigenvalue weighted by Gasteiger charge is 2.37. The van der Waals surface area contributed by atoms with Crippen LogP contribution < -0.4 is 4.74 Å². The third-order valence-corrected chi connectivity index (χ3v) is 5.33. The second-order valence-electron chi connectivity index (χ2n) is 6.62. The Morgan fingerprint density at radius 1 is 1.08 bits per heavy atom. The molecule has 1 aliphatic heterocycles. The topological polar surface area (TPSA) is 66.8 Å². The molecule has 0 bridgehead atoms. The van der Waals surface area contributed by atoms with Gasteiger partial charge in [0.25, 0.3) is 0 Å². The van der Waals surface area contributed by atoms with Gasteiger partial charge in [-0.2, -0.15) is 0 Å². The van der Waals surface area contributed by atoms with Crippen LogP contribution in [0, 0.1) is 11.8 Å². The molecule has 1 aromatic rings. The Hall–Kier alpha value is -1.75. The van der Waals surface area contributed by atoms with Gasteiger partial charge in [0.2, 0.25) is 5.91 Å². The predicted octanol–water partition coefficient (Wildman–Crippen LogP) is 3.21. The van der Waals surface area contributed by atoms with Crippen LogP contribution in [0.1, 0.15) is 32.1 Å². The van der Waals surface area contributed by atoms with E-state index in [0.717, 1.165) is 12.8 Å². The number of likely N-dealkylation sites (tertiary alicyclic amines) is 1. The van der Waals surface area contributed by atoms with E-state index in [1.54, 1.807) is 6.07 Å². The number of para-hydroxylation sites is 1. The van der Waals surface area contributed by atoms with Crippen molar-refractivity contribution in [3.63, 3.8) is 0 Å². The molecular formula is C18H22ClNO4. The van der Waals surface area contributed by atoms with E-state index in [2.05, 4.69) is 0 Å². The Morgan fingerprint density at radius 2 is 1.75 bits per heavy atom. The van der Waals surface area contributed by atoms with E-state index in [1.807, 2.05) is 23.1 Å². The SMILES string of the molecule is O=C(O)[C@@H]1CC[C@H](C(=O)N2CCC(Oc3ccccc3Cl)CC2)C1.